The van der Waals surface area contributed by atoms with Crippen molar-refractivity contribution < 1.29 is 9.53 Å². The number of likely N-dealkylation sites (N-methyl/N-ethyl adjacent to an activating group) is 2. The number of nitrogens with zero attached hydrogens (tertiary/aromatic N) is 2. The summed E-state index contributed by atoms with van der Waals surface area (Å²) in [7, 11) is 3.98. The summed E-state index contributed by atoms with van der Waals surface area (Å²) >= 11 is 0. The number of carbonyl (C=O) groups excluding carboxylic acids is 1. The number of hydrogen-bond donors (Lipinski definition) is 1. The third-order valence-electron chi connectivity index (χ3n) is 4.18. The van der Waals surface area contributed by atoms with Gasteiger partial charge in [0.15, 0.2) is 0 Å². The van der Waals surface area contributed by atoms with Crippen LogP contribution in [0.25, 0.3) is 0 Å². The highest BCUT2D eigenvalue weighted by atomic mass is 16.5. The molecule has 2 amide bonds. The number of nitrogens with one attached hydrogen (secondary N) is 1. The molecule has 122 valence electrons. The van der Waals surface area contributed by atoms with Crippen molar-refractivity contribution in [2.75, 3.05) is 40.4 Å². The third kappa shape index (κ3) is 4.45. The SMILES string of the molecule is CCOCCNC(=O)N(C)C[C@H]1Cc2ccccc2CN1C. The van der Waals surface area contributed by atoms with Gasteiger partial charge in [-0.05, 0) is 31.5 Å². The van der Waals surface area contributed by atoms with Crippen LogP contribution in [0, 0.1) is 0 Å². The molecule has 0 aromatic heterocycles. The van der Waals surface area contributed by atoms with E-state index >= 15 is 0 Å². The van der Waals surface area contributed by atoms with E-state index in [1.54, 1.807) is 4.90 Å². The van der Waals surface area contributed by atoms with Crippen molar-refractivity contribution in [2.45, 2.75) is 25.9 Å². The number of ether oxygens (including phenoxy) is 1. The molecule has 1 aliphatic heterocycles. The van der Waals surface area contributed by atoms with E-state index in [2.05, 4.69) is 41.5 Å². The normalized spacial score (nSPS) is 17.9. The minimum Gasteiger partial charge on any atom is -0.380 e. The highest BCUT2D eigenvalue weighted by Gasteiger charge is 2.25. The lowest BCUT2D eigenvalue weighted by Gasteiger charge is -2.36. The van der Waals surface area contributed by atoms with Crippen LogP contribution in [0.3, 0.4) is 0 Å². The molecule has 1 aromatic rings. The average molecular weight is 305 g/mol. The lowest BCUT2D eigenvalue weighted by molar-refractivity contribution is 0.140. The summed E-state index contributed by atoms with van der Waals surface area (Å²) in [5.74, 6) is 0. The van der Waals surface area contributed by atoms with Gasteiger partial charge in [-0.1, -0.05) is 24.3 Å². The predicted octanol–water partition coefficient (Wildman–Crippen LogP) is 1.72. The first kappa shape index (κ1) is 16.8. The molecule has 0 saturated carbocycles. The van der Waals surface area contributed by atoms with Gasteiger partial charge in [-0.25, -0.2) is 4.79 Å². The van der Waals surface area contributed by atoms with Crippen molar-refractivity contribution in [3.05, 3.63) is 35.4 Å². The van der Waals surface area contributed by atoms with Crippen molar-refractivity contribution >= 4 is 6.03 Å². The second kappa shape index (κ2) is 8.15. The number of rotatable bonds is 6. The third-order valence-corrected chi connectivity index (χ3v) is 4.18. The van der Waals surface area contributed by atoms with E-state index in [1.165, 1.54) is 11.1 Å². The molecular formula is C17H27N3O2. The van der Waals surface area contributed by atoms with Crippen LogP contribution in [-0.4, -0.2) is 62.3 Å². The summed E-state index contributed by atoms with van der Waals surface area (Å²) in [5, 5.41) is 2.88. The Kier molecular flexibility index (Phi) is 6.21. The summed E-state index contributed by atoms with van der Waals surface area (Å²) in [5.41, 5.74) is 2.79. The number of amides is 2. The van der Waals surface area contributed by atoms with Crippen molar-refractivity contribution in [1.29, 1.82) is 0 Å². The summed E-state index contributed by atoms with van der Waals surface area (Å²) in [4.78, 5) is 16.2. The standard InChI is InChI=1S/C17H27N3O2/c1-4-22-10-9-18-17(21)20(3)13-16-11-14-7-5-6-8-15(14)12-19(16)2/h5-8,16H,4,9-13H2,1-3H3,(H,18,21)/t16-/m1/s1. The highest BCUT2D eigenvalue weighted by Crippen LogP contribution is 2.22. The Morgan fingerprint density at radius 3 is 2.86 bits per heavy atom. The molecule has 0 spiro atoms. The average Bonchev–Trinajstić information content (AvgIpc) is 2.52. The van der Waals surface area contributed by atoms with Gasteiger partial charge >= 0.3 is 6.03 Å². The fourth-order valence-electron chi connectivity index (χ4n) is 2.83. The molecule has 1 aromatic carbocycles. The van der Waals surface area contributed by atoms with Crippen molar-refractivity contribution in [1.82, 2.24) is 15.1 Å². The Labute approximate surface area is 133 Å². The van der Waals surface area contributed by atoms with Crippen LogP contribution in [0.2, 0.25) is 0 Å². The molecular weight excluding hydrogens is 278 g/mol. The van der Waals surface area contributed by atoms with Crippen molar-refractivity contribution in [3.63, 3.8) is 0 Å². The van der Waals surface area contributed by atoms with Crippen molar-refractivity contribution in [3.8, 4) is 0 Å². The molecule has 0 unspecified atom stereocenters. The number of urea groups is 1. The monoisotopic (exact) mass is 305 g/mol. The maximum absolute atomic E-state index is 12.1. The first-order valence-electron chi connectivity index (χ1n) is 7.95. The van der Waals surface area contributed by atoms with E-state index in [-0.39, 0.29) is 6.03 Å². The maximum atomic E-state index is 12.1. The van der Waals surface area contributed by atoms with Crippen LogP contribution in [0.15, 0.2) is 24.3 Å². The summed E-state index contributed by atoms with van der Waals surface area (Å²) in [6.07, 6.45) is 0.989. The maximum Gasteiger partial charge on any atom is 0.317 e. The van der Waals surface area contributed by atoms with Gasteiger partial charge in [0.1, 0.15) is 0 Å². The molecule has 0 radical (unpaired) electrons. The zero-order valence-corrected chi connectivity index (χ0v) is 13.8. The number of benzene rings is 1. The Balaban J connectivity index is 1.84. The molecule has 0 fully saturated rings. The van der Waals surface area contributed by atoms with E-state index in [0.29, 0.717) is 25.8 Å². The smallest absolute Gasteiger partial charge is 0.317 e. The lowest BCUT2D eigenvalue weighted by Crippen LogP contribution is -2.48. The van der Waals surface area contributed by atoms with E-state index in [9.17, 15) is 4.79 Å². The van der Waals surface area contributed by atoms with E-state index in [1.807, 2.05) is 14.0 Å². The molecule has 0 aliphatic carbocycles. The number of fused-ring (bicyclic) bond motifs is 1. The molecule has 0 saturated heterocycles. The van der Waals surface area contributed by atoms with Crippen molar-refractivity contribution in [2.24, 2.45) is 0 Å². The van der Waals surface area contributed by atoms with Gasteiger partial charge in [-0.3, -0.25) is 4.90 Å². The summed E-state index contributed by atoms with van der Waals surface area (Å²) in [6.45, 7) is 5.42. The van der Waals surface area contributed by atoms with Crippen LogP contribution in [0.5, 0.6) is 0 Å². The topological polar surface area (TPSA) is 44.8 Å². The molecule has 1 aliphatic rings. The Bertz CT molecular complexity index is 493. The molecule has 1 N–H and O–H groups in total. The quantitative estimate of drug-likeness (QED) is 0.814. The molecule has 1 heterocycles. The number of carbonyl (C=O) groups is 1. The van der Waals surface area contributed by atoms with Crippen LogP contribution in [-0.2, 0) is 17.7 Å². The molecule has 22 heavy (non-hydrogen) atoms. The Hall–Kier alpha value is -1.59. The zero-order valence-electron chi connectivity index (χ0n) is 13.8. The van der Waals surface area contributed by atoms with Crippen LogP contribution >= 0.6 is 0 Å². The Morgan fingerprint density at radius 2 is 2.14 bits per heavy atom. The molecule has 5 heteroatoms. The molecule has 1 atom stereocenters. The highest BCUT2D eigenvalue weighted by molar-refractivity contribution is 5.73. The predicted molar refractivity (Wildman–Crippen MR) is 87.9 cm³/mol. The van der Waals surface area contributed by atoms with Gasteiger partial charge < -0.3 is 15.0 Å². The number of hydrogen-bond acceptors (Lipinski definition) is 3. The van der Waals surface area contributed by atoms with Crippen LogP contribution in [0.1, 0.15) is 18.1 Å². The van der Waals surface area contributed by atoms with Gasteiger partial charge in [0.2, 0.25) is 0 Å². The van der Waals surface area contributed by atoms with Gasteiger partial charge in [0.05, 0.1) is 6.61 Å². The minimum atomic E-state index is -0.0352. The van der Waals surface area contributed by atoms with E-state index in [4.69, 9.17) is 4.74 Å². The van der Waals surface area contributed by atoms with Gasteiger partial charge in [0.25, 0.3) is 0 Å². The minimum absolute atomic E-state index is 0.0352. The fourth-order valence-corrected chi connectivity index (χ4v) is 2.83. The largest absolute Gasteiger partial charge is 0.380 e. The zero-order chi connectivity index (χ0) is 15.9. The second-order valence-electron chi connectivity index (χ2n) is 5.85. The molecule has 2 rings (SSSR count). The van der Waals surface area contributed by atoms with E-state index < -0.39 is 0 Å². The lowest BCUT2D eigenvalue weighted by atomic mass is 9.94. The Morgan fingerprint density at radius 1 is 1.41 bits per heavy atom. The summed E-state index contributed by atoms with van der Waals surface area (Å²) < 4.78 is 5.23. The van der Waals surface area contributed by atoms with Crippen LogP contribution < -0.4 is 5.32 Å². The first-order valence-corrected chi connectivity index (χ1v) is 7.95. The first-order chi connectivity index (χ1) is 10.6. The summed E-state index contributed by atoms with van der Waals surface area (Å²) in [6, 6.07) is 8.88. The van der Waals surface area contributed by atoms with Gasteiger partial charge in [-0.15, -0.1) is 0 Å². The van der Waals surface area contributed by atoms with Gasteiger partial charge in [0, 0.05) is 39.3 Å². The second-order valence-corrected chi connectivity index (χ2v) is 5.85. The molecule has 0 bridgehead atoms. The fraction of sp³-hybridized carbons (Fsp3) is 0.588. The van der Waals surface area contributed by atoms with E-state index in [0.717, 1.165) is 19.5 Å². The van der Waals surface area contributed by atoms with Crippen LogP contribution in [0.4, 0.5) is 4.79 Å². The van der Waals surface area contributed by atoms with Gasteiger partial charge in [-0.2, -0.15) is 0 Å². The molecule has 5 nitrogen and oxygen atoms in total.